The highest BCUT2D eigenvalue weighted by Gasteiger charge is 2.31. The molecule has 2 heterocycles. The lowest BCUT2D eigenvalue weighted by atomic mass is 10.1. The van der Waals surface area contributed by atoms with Crippen molar-refractivity contribution in [2.24, 2.45) is 0 Å². The molecule has 174 valence electrons. The number of anilines is 1. The van der Waals surface area contributed by atoms with E-state index in [0.29, 0.717) is 42.5 Å². The van der Waals surface area contributed by atoms with Gasteiger partial charge in [-0.15, -0.1) is 0 Å². The molecule has 0 saturated carbocycles. The van der Waals surface area contributed by atoms with Crippen molar-refractivity contribution >= 4 is 22.4 Å². The van der Waals surface area contributed by atoms with E-state index in [-0.39, 0.29) is 17.4 Å². The maximum absolute atomic E-state index is 13.0. The van der Waals surface area contributed by atoms with Crippen LogP contribution in [0.5, 0.6) is 0 Å². The quantitative estimate of drug-likeness (QED) is 0.527. The van der Waals surface area contributed by atoms with Crippen LogP contribution in [0.2, 0.25) is 0 Å². The van der Waals surface area contributed by atoms with E-state index < -0.39 is 22.5 Å². The van der Waals surface area contributed by atoms with E-state index in [1.54, 1.807) is 23.1 Å². The summed E-state index contributed by atoms with van der Waals surface area (Å²) < 4.78 is 57.1. The topological polar surface area (TPSA) is 53.8 Å². The first-order valence-corrected chi connectivity index (χ1v) is 11.8. The average molecular weight is 477 g/mol. The zero-order valence-corrected chi connectivity index (χ0v) is 18.8. The zero-order chi connectivity index (χ0) is 23.6. The number of benzene rings is 2. The first-order chi connectivity index (χ1) is 15.7. The maximum atomic E-state index is 13.0. The molecule has 1 fully saturated rings. The van der Waals surface area contributed by atoms with Crippen LogP contribution < -0.4 is 4.90 Å². The SMILES string of the molecule is Cc1ccc(S(=O)Cc2ccc(C(=O)N3CCN(c4cccc(C(F)(F)F)c4)CC3)o2)cc1. The minimum absolute atomic E-state index is 0.165. The number of hydrogen-bond acceptors (Lipinski definition) is 4. The molecule has 1 atom stereocenters. The fourth-order valence-electron chi connectivity index (χ4n) is 3.68. The Kier molecular flexibility index (Phi) is 6.60. The van der Waals surface area contributed by atoms with Crippen molar-refractivity contribution in [1.29, 1.82) is 0 Å². The molecule has 1 aliphatic rings. The monoisotopic (exact) mass is 476 g/mol. The number of carbonyl (C=O) groups excluding carboxylic acids is 1. The number of piperazine rings is 1. The third-order valence-corrected chi connectivity index (χ3v) is 6.88. The van der Waals surface area contributed by atoms with Gasteiger partial charge >= 0.3 is 6.18 Å². The van der Waals surface area contributed by atoms with E-state index in [1.807, 2.05) is 36.1 Å². The van der Waals surface area contributed by atoms with Gasteiger partial charge in [0.2, 0.25) is 0 Å². The second-order valence-corrected chi connectivity index (χ2v) is 9.35. The molecule has 9 heteroatoms. The molecule has 1 aromatic heterocycles. The Hall–Kier alpha value is -3.07. The number of carbonyl (C=O) groups is 1. The lowest BCUT2D eigenvalue weighted by molar-refractivity contribution is -0.137. The van der Waals surface area contributed by atoms with Gasteiger partial charge in [0.25, 0.3) is 5.91 Å². The van der Waals surface area contributed by atoms with Crippen LogP contribution in [0.3, 0.4) is 0 Å². The highest BCUT2D eigenvalue weighted by atomic mass is 32.2. The Labute approximate surface area is 192 Å². The highest BCUT2D eigenvalue weighted by molar-refractivity contribution is 7.84. The molecular formula is C24H23F3N2O3S. The van der Waals surface area contributed by atoms with Gasteiger partial charge in [0.05, 0.1) is 22.1 Å². The minimum Gasteiger partial charge on any atom is -0.455 e. The van der Waals surface area contributed by atoms with E-state index in [4.69, 9.17) is 4.42 Å². The first-order valence-electron chi connectivity index (χ1n) is 10.5. The largest absolute Gasteiger partial charge is 0.455 e. The highest BCUT2D eigenvalue weighted by Crippen LogP contribution is 2.32. The Bertz CT molecular complexity index is 1150. The minimum atomic E-state index is -4.39. The smallest absolute Gasteiger partial charge is 0.416 e. The molecule has 1 saturated heterocycles. The number of furan rings is 1. The molecule has 5 nitrogen and oxygen atoms in total. The van der Waals surface area contributed by atoms with Crippen LogP contribution in [0.1, 0.15) is 27.4 Å². The van der Waals surface area contributed by atoms with Gasteiger partial charge in [-0.2, -0.15) is 13.2 Å². The van der Waals surface area contributed by atoms with Crippen LogP contribution in [-0.2, 0) is 22.7 Å². The molecule has 0 radical (unpaired) electrons. The van der Waals surface area contributed by atoms with Crippen molar-refractivity contribution in [3.8, 4) is 0 Å². The molecule has 0 N–H and O–H groups in total. The predicted molar refractivity (Wildman–Crippen MR) is 120 cm³/mol. The molecule has 0 aliphatic carbocycles. The van der Waals surface area contributed by atoms with E-state index in [9.17, 15) is 22.2 Å². The summed E-state index contributed by atoms with van der Waals surface area (Å²) in [7, 11) is -1.29. The van der Waals surface area contributed by atoms with Crippen molar-refractivity contribution < 1.29 is 26.6 Å². The van der Waals surface area contributed by atoms with Crippen LogP contribution in [0.4, 0.5) is 18.9 Å². The number of rotatable bonds is 5. The molecule has 1 aliphatic heterocycles. The predicted octanol–water partition coefficient (Wildman–Crippen LogP) is 4.88. The summed E-state index contributed by atoms with van der Waals surface area (Å²) in [5, 5.41) is 0. The number of amides is 1. The van der Waals surface area contributed by atoms with Crippen molar-refractivity contribution in [2.45, 2.75) is 23.7 Å². The standard InChI is InChI=1S/C24H23F3N2O3S/c1-17-5-8-21(9-6-17)33(31)16-20-7-10-22(32-20)23(30)29-13-11-28(12-14-29)19-4-2-3-18(15-19)24(25,26)27/h2-10,15H,11-14,16H2,1H3. The summed E-state index contributed by atoms with van der Waals surface area (Å²) >= 11 is 0. The van der Waals surface area contributed by atoms with E-state index in [1.165, 1.54) is 6.07 Å². The first kappa shape index (κ1) is 23.1. The van der Waals surface area contributed by atoms with Gasteiger partial charge in [0.1, 0.15) is 5.76 Å². The van der Waals surface area contributed by atoms with Gasteiger partial charge in [-0.05, 0) is 49.4 Å². The summed E-state index contributed by atoms with van der Waals surface area (Å²) in [4.78, 5) is 17.0. The number of nitrogens with zero attached hydrogens (tertiary/aromatic N) is 2. The van der Waals surface area contributed by atoms with Gasteiger partial charge < -0.3 is 14.2 Å². The van der Waals surface area contributed by atoms with Crippen LogP contribution in [0.25, 0.3) is 0 Å². The van der Waals surface area contributed by atoms with Crippen LogP contribution in [0, 0.1) is 6.92 Å². The molecule has 1 unspecified atom stereocenters. The fourth-order valence-corrected chi connectivity index (χ4v) is 4.70. The third-order valence-electron chi connectivity index (χ3n) is 5.54. The summed E-state index contributed by atoms with van der Waals surface area (Å²) in [6.45, 7) is 3.51. The molecule has 33 heavy (non-hydrogen) atoms. The van der Waals surface area contributed by atoms with Crippen molar-refractivity contribution in [1.82, 2.24) is 4.90 Å². The van der Waals surface area contributed by atoms with Crippen molar-refractivity contribution in [3.63, 3.8) is 0 Å². The number of aryl methyl sites for hydroxylation is 1. The van der Waals surface area contributed by atoms with Crippen molar-refractivity contribution in [3.05, 3.63) is 83.3 Å². The maximum Gasteiger partial charge on any atom is 0.416 e. The summed E-state index contributed by atoms with van der Waals surface area (Å²) in [6.07, 6.45) is -4.39. The van der Waals surface area contributed by atoms with Crippen molar-refractivity contribution in [2.75, 3.05) is 31.1 Å². The molecule has 0 spiro atoms. The number of halogens is 3. The lowest BCUT2D eigenvalue weighted by Crippen LogP contribution is -2.48. The fraction of sp³-hybridized carbons (Fsp3) is 0.292. The molecule has 4 rings (SSSR count). The molecule has 0 bridgehead atoms. The Morgan fingerprint density at radius 2 is 1.70 bits per heavy atom. The van der Waals surface area contributed by atoms with Crippen LogP contribution >= 0.6 is 0 Å². The molecule has 2 aromatic carbocycles. The third kappa shape index (κ3) is 5.47. The van der Waals surface area contributed by atoms with Gasteiger partial charge in [-0.3, -0.25) is 9.00 Å². The summed E-state index contributed by atoms with van der Waals surface area (Å²) in [5.41, 5.74) is 0.871. The Morgan fingerprint density at radius 3 is 2.36 bits per heavy atom. The van der Waals surface area contributed by atoms with Gasteiger partial charge in [0.15, 0.2) is 5.76 Å². The van der Waals surface area contributed by atoms with Crippen LogP contribution in [0.15, 0.2) is 70.0 Å². The molecular weight excluding hydrogens is 453 g/mol. The average Bonchev–Trinajstić information content (AvgIpc) is 3.27. The van der Waals surface area contributed by atoms with Gasteiger partial charge in [0, 0.05) is 36.8 Å². The Balaban J connectivity index is 1.35. The van der Waals surface area contributed by atoms with E-state index in [0.717, 1.165) is 17.7 Å². The second-order valence-electron chi connectivity index (χ2n) is 7.90. The second kappa shape index (κ2) is 9.43. The Morgan fingerprint density at radius 1 is 1.00 bits per heavy atom. The normalized spacial score (nSPS) is 15.5. The summed E-state index contributed by atoms with van der Waals surface area (Å²) in [6, 6.07) is 15.8. The summed E-state index contributed by atoms with van der Waals surface area (Å²) in [5.74, 6) is 0.504. The number of alkyl halides is 3. The lowest BCUT2D eigenvalue weighted by Gasteiger charge is -2.36. The van der Waals surface area contributed by atoms with E-state index >= 15 is 0 Å². The van der Waals surface area contributed by atoms with Gasteiger partial charge in [-0.1, -0.05) is 23.8 Å². The molecule has 3 aromatic rings. The number of hydrogen-bond donors (Lipinski definition) is 0. The van der Waals surface area contributed by atoms with E-state index in [2.05, 4.69) is 0 Å². The van der Waals surface area contributed by atoms with Gasteiger partial charge in [-0.25, -0.2) is 0 Å². The molecule has 1 amide bonds. The van der Waals surface area contributed by atoms with Crippen LogP contribution in [-0.4, -0.2) is 41.2 Å². The zero-order valence-electron chi connectivity index (χ0n) is 18.0.